The molecule has 2 aliphatic heterocycles. The Morgan fingerprint density at radius 1 is 1.14 bits per heavy atom. The number of imide groups is 1. The van der Waals surface area contributed by atoms with Crippen LogP contribution >= 0.6 is 0 Å². The number of carbonyl (C=O) groups excluding carboxylic acids is 2. The number of likely N-dealkylation sites (tertiary alicyclic amines) is 1. The number of nitrogens with zero attached hydrogens (tertiary/aromatic N) is 1. The van der Waals surface area contributed by atoms with Gasteiger partial charge >= 0.3 is 0 Å². The van der Waals surface area contributed by atoms with Gasteiger partial charge in [0.2, 0.25) is 11.8 Å². The van der Waals surface area contributed by atoms with Crippen LogP contribution in [0.15, 0.2) is 0 Å². The van der Waals surface area contributed by atoms with E-state index in [1.54, 1.807) is 4.90 Å². The van der Waals surface area contributed by atoms with Crippen molar-refractivity contribution in [1.82, 2.24) is 10.2 Å². The van der Waals surface area contributed by atoms with Gasteiger partial charge in [0.1, 0.15) is 0 Å². The number of hydrogen-bond donors (Lipinski definition) is 1. The summed E-state index contributed by atoms with van der Waals surface area (Å²) < 4.78 is 0. The zero-order chi connectivity index (χ0) is 14.9. The van der Waals surface area contributed by atoms with E-state index in [1.807, 2.05) is 0 Å². The van der Waals surface area contributed by atoms with Gasteiger partial charge in [-0.25, -0.2) is 0 Å². The molecule has 0 aromatic rings. The lowest BCUT2D eigenvalue weighted by molar-refractivity contribution is -0.142. The summed E-state index contributed by atoms with van der Waals surface area (Å²) in [4.78, 5) is 26.9. The van der Waals surface area contributed by atoms with E-state index in [4.69, 9.17) is 0 Å². The molecule has 1 aliphatic carbocycles. The predicted molar refractivity (Wildman–Crippen MR) is 81.7 cm³/mol. The van der Waals surface area contributed by atoms with Crippen molar-refractivity contribution in [3.8, 4) is 0 Å². The monoisotopic (exact) mass is 292 g/mol. The topological polar surface area (TPSA) is 49.4 Å². The third-order valence-corrected chi connectivity index (χ3v) is 5.86. The number of nitrogens with one attached hydrogen (secondary N) is 1. The molecule has 2 unspecified atom stereocenters. The average molecular weight is 292 g/mol. The highest BCUT2D eigenvalue weighted by Crippen LogP contribution is 2.44. The van der Waals surface area contributed by atoms with E-state index >= 15 is 0 Å². The molecule has 0 radical (unpaired) electrons. The van der Waals surface area contributed by atoms with E-state index < -0.39 is 0 Å². The number of amides is 2. The molecule has 2 heterocycles. The van der Waals surface area contributed by atoms with Gasteiger partial charge in [-0.1, -0.05) is 32.6 Å². The van der Waals surface area contributed by atoms with Gasteiger partial charge in [-0.3, -0.25) is 14.5 Å². The summed E-state index contributed by atoms with van der Waals surface area (Å²) in [5.41, 5.74) is -0.342. The van der Waals surface area contributed by atoms with E-state index in [9.17, 15) is 9.59 Å². The van der Waals surface area contributed by atoms with Crippen LogP contribution in [-0.4, -0.2) is 35.8 Å². The largest absolute Gasteiger partial charge is 0.312 e. The summed E-state index contributed by atoms with van der Waals surface area (Å²) in [6.07, 6.45) is 9.32. The van der Waals surface area contributed by atoms with Crippen LogP contribution in [0.4, 0.5) is 0 Å². The van der Waals surface area contributed by atoms with Gasteiger partial charge in [-0.05, 0) is 38.1 Å². The molecule has 3 rings (SSSR count). The third-order valence-electron chi connectivity index (χ3n) is 5.86. The van der Waals surface area contributed by atoms with Crippen LogP contribution in [0.1, 0.15) is 64.7 Å². The molecular weight excluding hydrogens is 264 g/mol. The van der Waals surface area contributed by atoms with E-state index in [0.29, 0.717) is 18.9 Å². The van der Waals surface area contributed by atoms with Gasteiger partial charge in [-0.2, -0.15) is 0 Å². The lowest BCUT2D eigenvalue weighted by Gasteiger charge is -2.33. The Morgan fingerprint density at radius 2 is 1.86 bits per heavy atom. The molecule has 0 aromatic carbocycles. The Morgan fingerprint density at radius 3 is 2.52 bits per heavy atom. The van der Waals surface area contributed by atoms with Crippen molar-refractivity contribution < 1.29 is 9.59 Å². The molecular formula is C17H28N2O2. The fraction of sp³-hybridized carbons (Fsp3) is 0.882. The van der Waals surface area contributed by atoms with Gasteiger partial charge in [0.05, 0.1) is 5.41 Å². The maximum absolute atomic E-state index is 12.9. The van der Waals surface area contributed by atoms with Crippen LogP contribution in [0.3, 0.4) is 0 Å². The van der Waals surface area contributed by atoms with Gasteiger partial charge < -0.3 is 5.32 Å². The smallest absolute Gasteiger partial charge is 0.235 e. The SMILES string of the molecule is CC1CCCNC1CN1C(=O)CC2(CCCCCC2)C1=O. The number of hydrogen-bond acceptors (Lipinski definition) is 3. The molecule has 118 valence electrons. The summed E-state index contributed by atoms with van der Waals surface area (Å²) >= 11 is 0. The Bertz CT molecular complexity index is 413. The Labute approximate surface area is 127 Å². The first kappa shape index (κ1) is 15.0. The Balaban J connectivity index is 1.71. The minimum absolute atomic E-state index is 0.0708. The van der Waals surface area contributed by atoms with E-state index in [-0.39, 0.29) is 23.3 Å². The molecule has 4 heteroatoms. The quantitative estimate of drug-likeness (QED) is 0.795. The molecule has 1 spiro atoms. The van der Waals surface area contributed by atoms with Crippen molar-refractivity contribution in [2.24, 2.45) is 11.3 Å². The second kappa shape index (κ2) is 6.07. The predicted octanol–water partition coefficient (Wildman–Crippen LogP) is 2.47. The molecule has 21 heavy (non-hydrogen) atoms. The Kier molecular flexibility index (Phi) is 4.34. The maximum atomic E-state index is 12.9. The van der Waals surface area contributed by atoms with Crippen molar-refractivity contribution in [3.05, 3.63) is 0 Å². The van der Waals surface area contributed by atoms with Crippen LogP contribution in [0.5, 0.6) is 0 Å². The molecule has 2 atom stereocenters. The number of piperidine rings is 1. The summed E-state index contributed by atoms with van der Waals surface area (Å²) in [5, 5.41) is 3.49. The maximum Gasteiger partial charge on any atom is 0.235 e. The molecule has 0 aromatic heterocycles. The lowest BCUT2D eigenvalue weighted by Crippen LogP contribution is -2.50. The Hall–Kier alpha value is -0.900. The normalized spacial score (nSPS) is 33.5. The van der Waals surface area contributed by atoms with Crippen molar-refractivity contribution in [3.63, 3.8) is 0 Å². The van der Waals surface area contributed by atoms with Crippen molar-refractivity contribution in [2.45, 2.75) is 70.8 Å². The fourth-order valence-corrected chi connectivity index (χ4v) is 4.40. The zero-order valence-corrected chi connectivity index (χ0v) is 13.2. The molecule has 3 fully saturated rings. The minimum atomic E-state index is -0.342. The molecule has 1 N–H and O–H groups in total. The van der Waals surface area contributed by atoms with Crippen LogP contribution in [0, 0.1) is 11.3 Å². The minimum Gasteiger partial charge on any atom is -0.312 e. The highest BCUT2D eigenvalue weighted by atomic mass is 16.2. The van der Waals surface area contributed by atoms with Crippen LogP contribution in [0.25, 0.3) is 0 Å². The van der Waals surface area contributed by atoms with Gasteiger partial charge in [0, 0.05) is 19.0 Å². The number of rotatable bonds is 2. The first-order valence-electron chi connectivity index (χ1n) is 8.71. The van der Waals surface area contributed by atoms with Gasteiger partial charge in [0.15, 0.2) is 0 Å². The lowest BCUT2D eigenvalue weighted by atomic mass is 9.79. The standard InChI is InChI=1S/C17H28N2O2/c1-13-7-6-10-18-14(13)12-19-15(20)11-17(16(19)21)8-4-2-3-5-9-17/h13-14,18H,2-12H2,1H3. The van der Waals surface area contributed by atoms with Crippen LogP contribution < -0.4 is 5.32 Å². The van der Waals surface area contributed by atoms with E-state index in [1.165, 1.54) is 25.7 Å². The summed E-state index contributed by atoms with van der Waals surface area (Å²) in [6.45, 7) is 3.82. The second-order valence-electron chi connectivity index (χ2n) is 7.36. The third kappa shape index (κ3) is 2.87. The first-order valence-corrected chi connectivity index (χ1v) is 8.71. The molecule has 3 aliphatic rings. The van der Waals surface area contributed by atoms with Gasteiger partial charge in [0.25, 0.3) is 0 Å². The van der Waals surface area contributed by atoms with Crippen molar-refractivity contribution in [2.75, 3.05) is 13.1 Å². The van der Waals surface area contributed by atoms with Crippen molar-refractivity contribution in [1.29, 1.82) is 0 Å². The summed E-state index contributed by atoms with van der Waals surface area (Å²) in [5.74, 6) is 0.750. The molecule has 2 saturated heterocycles. The van der Waals surface area contributed by atoms with Crippen LogP contribution in [0.2, 0.25) is 0 Å². The molecule has 2 amide bonds. The molecule has 1 saturated carbocycles. The van der Waals surface area contributed by atoms with E-state index in [0.717, 1.165) is 32.2 Å². The second-order valence-corrected chi connectivity index (χ2v) is 7.36. The summed E-state index contributed by atoms with van der Waals surface area (Å²) in [7, 11) is 0. The van der Waals surface area contributed by atoms with Gasteiger partial charge in [-0.15, -0.1) is 0 Å². The summed E-state index contributed by atoms with van der Waals surface area (Å²) in [6, 6.07) is 0.285. The average Bonchev–Trinajstić information content (AvgIpc) is 2.64. The first-order chi connectivity index (χ1) is 10.1. The number of carbonyl (C=O) groups is 2. The highest BCUT2D eigenvalue weighted by Gasteiger charge is 2.51. The molecule has 4 nitrogen and oxygen atoms in total. The van der Waals surface area contributed by atoms with Crippen LogP contribution in [-0.2, 0) is 9.59 Å². The van der Waals surface area contributed by atoms with E-state index in [2.05, 4.69) is 12.2 Å². The fourth-order valence-electron chi connectivity index (χ4n) is 4.40. The highest BCUT2D eigenvalue weighted by molar-refractivity contribution is 6.05. The molecule has 0 bridgehead atoms. The zero-order valence-electron chi connectivity index (χ0n) is 13.2. The van der Waals surface area contributed by atoms with Crippen molar-refractivity contribution >= 4 is 11.8 Å².